The minimum atomic E-state index is -3.61. The molecule has 1 aliphatic rings. The molecular weight excluding hydrogens is 424 g/mol. The van der Waals surface area contributed by atoms with E-state index in [-0.39, 0.29) is 10.8 Å². The van der Waals surface area contributed by atoms with Gasteiger partial charge in [0.05, 0.1) is 21.8 Å². The Morgan fingerprint density at radius 2 is 1.83 bits per heavy atom. The number of halogens is 1. The smallest absolute Gasteiger partial charge is 0.257 e. The maximum absolute atomic E-state index is 13.1. The van der Waals surface area contributed by atoms with Crippen LogP contribution in [0.15, 0.2) is 41.4 Å². The minimum Gasteiger partial charge on any atom is -0.370 e. The van der Waals surface area contributed by atoms with Gasteiger partial charge in [0.1, 0.15) is 5.15 Å². The van der Waals surface area contributed by atoms with Crippen molar-refractivity contribution in [3.63, 3.8) is 0 Å². The van der Waals surface area contributed by atoms with Gasteiger partial charge < -0.3 is 10.2 Å². The van der Waals surface area contributed by atoms with Gasteiger partial charge >= 0.3 is 0 Å². The van der Waals surface area contributed by atoms with Crippen LogP contribution in [0.1, 0.15) is 43.5 Å². The maximum atomic E-state index is 13.1. The van der Waals surface area contributed by atoms with Gasteiger partial charge in [-0.1, -0.05) is 18.0 Å². The summed E-state index contributed by atoms with van der Waals surface area (Å²) in [5.74, 6) is -0.375. The summed E-state index contributed by atoms with van der Waals surface area (Å²) < 4.78 is 27.8. The van der Waals surface area contributed by atoms with Crippen molar-refractivity contribution in [2.75, 3.05) is 36.4 Å². The molecule has 7 nitrogen and oxygen atoms in total. The van der Waals surface area contributed by atoms with Crippen molar-refractivity contribution < 1.29 is 13.2 Å². The number of carbonyl (C=O) groups is 1. The van der Waals surface area contributed by atoms with E-state index in [1.165, 1.54) is 10.5 Å². The number of sulfonamides is 1. The normalized spacial score (nSPS) is 15.0. The molecule has 0 aliphatic carbocycles. The van der Waals surface area contributed by atoms with E-state index in [2.05, 4.69) is 15.2 Å². The zero-order chi connectivity index (χ0) is 21.7. The van der Waals surface area contributed by atoms with Gasteiger partial charge in [-0.15, -0.1) is 0 Å². The lowest BCUT2D eigenvalue weighted by atomic mass is 10.2. The van der Waals surface area contributed by atoms with Gasteiger partial charge in [-0.05, 0) is 57.0 Å². The van der Waals surface area contributed by atoms with Gasteiger partial charge in [0, 0.05) is 32.4 Å². The molecule has 0 atom stereocenters. The average Bonchev–Trinajstić information content (AvgIpc) is 2.76. The third-order valence-electron chi connectivity index (χ3n) is 5.26. The summed E-state index contributed by atoms with van der Waals surface area (Å²) in [7, 11) is -3.61. The topological polar surface area (TPSA) is 82.6 Å². The molecule has 2 aromatic rings. The molecule has 1 aliphatic heterocycles. The van der Waals surface area contributed by atoms with Crippen LogP contribution in [0.2, 0.25) is 5.15 Å². The van der Waals surface area contributed by atoms with Crippen LogP contribution in [0, 0.1) is 0 Å². The Morgan fingerprint density at radius 3 is 2.43 bits per heavy atom. The number of carbonyl (C=O) groups excluding carboxylic acids is 1. The van der Waals surface area contributed by atoms with Crippen molar-refractivity contribution in [2.24, 2.45) is 0 Å². The summed E-state index contributed by atoms with van der Waals surface area (Å²) in [6, 6.07) is 8.06. The predicted octanol–water partition coefficient (Wildman–Crippen LogP) is 4.01. The number of piperidine rings is 1. The van der Waals surface area contributed by atoms with Gasteiger partial charge in [0.25, 0.3) is 5.91 Å². The van der Waals surface area contributed by atoms with E-state index in [0.717, 1.165) is 38.0 Å². The van der Waals surface area contributed by atoms with Crippen LogP contribution in [-0.2, 0) is 10.0 Å². The number of pyridine rings is 1. The molecule has 0 bridgehead atoms. The minimum absolute atomic E-state index is 0.185. The first-order chi connectivity index (χ1) is 14.4. The van der Waals surface area contributed by atoms with Crippen molar-refractivity contribution in [2.45, 2.75) is 38.0 Å². The van der Waals surface area contributed by atoms with E-state index < -0.39 is 10.0 Å². The van der Waals surface area contributed by atoms with Crippen LogP contribution >= 0.6 is 11.6 Å². The van der Waals surface area contributed by atoms with E-state index >= 15 is 0 Å². The fraction of sp³-hybridized carbons (Fsp3) is 0.429. The summed E-state index contributed by atoms with van der Waals surface area (Å²) in [5.41, 5.74) is 1.57. The highest BCUT2D eigenvalue weighted by Gasteiger charge is 2.27. The Bertz CT molecular complexity index is 986. The largest absolute Gasteiger partial charge is 0.370 e. The fourth-order valence-electron chi connectivity index (χ4n) is 3.57. The third kappa shape index (κ3) is 4.94. The van der Waals surface area contributed by atoms with Gasteiger partial charge in [-0.25, -0.2) is 13.4 Å². The van der Waals surface area contributed by atoms with Crippen LogP contribution < -0.4 is 10.2 Å². The Balaban J connectivity index is 1.98. The molecule has 1 aromatic carbocycles. The number of nitrogens with zero attached hydrogens (tertiary/aromatic N) is 3. The quantitative estimate of drug-likeness (QED) is 0.644. The number of hydrogen-bond donors (Lipinski definition) is 1. The van der Waals surface area contributed by atoms with Crippen molar-refractivity contribution in [3.05, 3.63) is 47.2 Å². The van der Waals surface area contributed by atoms with Crippen LogP contribution in [-0.4, -0.2) is 49.8 Å². The lowest BCUT2D eigenvalue weighted by Gasteiger charge is -2.28. The molecule has 9 heteroatoms. The zero-order valence-corrected chi connectivity index (χ0v) is 18.8. The summed E-state index contributed by atoms with van der Waals surface area (Å²) in [4.78, 5) is 19.0. The molecule has 0 saturated carbocycles. The summed E-state index contributed by atoms with van der Waals surface area (Å²) in [6.07, 6.45) is 4.17. The van der Waals surface area contributed by atoms with Crippen molar-refractivity contribution in [3.8, 4) is 0 Å². The lowest BCUT2D eigenvalue weighted by molar-refractivity contribution is 0.102. The number of nitrogens with one attached hydrogen (secondary N) is 1. The molecule has 1 N–H and O–H groups in total. The Morgan fingerprint density at radius 1 is 1.13 bits per heavy atom. The first-order valence-electron chi connectivity index (χ1n) is 10.2. The molecule has 1 aromatic heterocycles. The first-order valence-corrected chi connectivity index (χ1v) is 12.0. The fourth-order valence-corrected chi connectivity index (χ4v) is 5.23. The van der Waals surface area contributed by atoms with Crippen LogP contribution in [0.25, 0.3) is 0 Å². The van der Waals surface area contributed by atoms with Crippen LogP contribution in [0.4, 0.5) is 11.4 Å². The Hall–Kier alpha value is -2.16. The van der Waals surface area contributed by atoms with Crippen LogP contribution in [0.3, 0.4) is 0 Å². The van der Waals surface area contributed by atoms with E-state index in [4.69, 9.17) is 11.6 Å². The van der Waals surface area contributed by atoms with E-state index in [1.54, 1.807) is 30.3 Å². The van der Waals surface area contributed by atoms with Crippen LogP contribution in [0.5, 0.6) is 0 Å². The van der Waals surface area contributed by atoms with Gasteiger partial charge in [-0.2, -0.15) is 4.31 Å². The van der Waals surface area contributed by atoms with Crippen molar-refractivity contribution in [1.82, 2.24) is 9.29 Å². The van der Waals surface area contributed by atoms with E-state index in [1.807, 2.05) is 13.8 Å². The molecule has 0 radical (unpaired) electrons. The highest BCUT2D eigenvalue weighted by Crippen LogP contribution is 2.31. The van der Waals surface area contributed by atoms with Crippen molar-refractivity contribution in [1.29, 1.82) is 0 Å². The van der Waals surface area contributed by atoms with Crippen molar-refractivity contribution >= 4 is 38.9 Å². The summed E-state index contributed by atoms with van der Waals surface area (Å²) in [6.45, 7) is 6.52. The number of amides is 1. The first kappa shape index (κ1) is 22.5. The molecule has 30 heavy (non-hydrogen) atoms. The van der Waals surface area contributed by atoms with Gasteiger partial charge in [0.15, 0.2) is 0 Å². The number of hydrogen-bond acceptors (Lipinski definition) is 5. The second kappa shape index (κ2) is 9.76. The Kier molecular flexibility index (Phi) is 7.33. The monoisotopic (exact) mass is 450 g/mol. The molecule has 0 unspecified atom stereocenters. The van der Waals surface area contributed by atoms with Gasteiger partial charge in [-0.3, -0.25) is 4.79 Å². The number of aromatic nitrogens is 1. The molecule has 2 heterocycles. The average molecular weight is 451 g/mol. The molecule has 162 valence electrons. The highest BCUT2D eigenvalue weighted by atomic mass is 35.5. The highest BCUT2D eigenvalue weighted by molar-refractivity contribution is 7.89. The molecule has 3 rings (SSSR count). The molecule has 1 amide bonds. The lowest BCUT2D eigenvalue weighted by Crippen LogP contribution is -2.35. The Labute approximate surface area is 183 Å². The SMILES string of the molecule is CCN(CC)c1ccc(S(=O)(=O)N2CCCCC2)cc1NC(=O)c1ccc(Cl)nc1. The summed E-state index contributed by atoms with van der Waals surface area (Å²) >= 11 is 5.80. The molecule has 0 spiro atoms. The summed E-state index contributed by atoms with van der Waals surface area (Å²) in [5, 5.41) is 3.16. The molecular formula is C21H27ClN4O3S. The number of rotatable bonds is 7. The molecule has 1 fully saturated rings. The van der Waals surface area contributed by atoms with Gasteiger partial charge in [0.2, 0.25) is 10.0 Å². The van der Waals surface area contributed by atoms with E-state index in [0.29, 0.717) is 29.5 Å². The number of benzene rings is 1. The van der Waals surface area contributed by atoms with E-state index in [9.17, 15) is 13.2 Å². The maximum Gasteiger partial charge on any atom is 0.257 e. The second-order valence-corrected chi connectivity index (χ2v) is 9.46. The molecule has 1 saturated heterocycles. The third-order valence-corrected chi connectivity index (χ3v) is 7.38. The standard InChI is InChI=1S/C21H27ClN4O3S/c1-3-25(4-2)19-10-9-17(30(28,29)26-12-6-5-7-13-26)14-18(19)24-21(27)16-8-11-20(22)23-15-16/h8-11,14-15H,3-7,12-13H2,1-2H3,(H,24,27). The predicted molar refractivity (Wildman–Crippen MR) is 120 cm³/mol. The zero-order valence-electron chi connectivity index (χ0n) is 17.3. The number of anilines is 2. The second-order valence-electron chi connectivity index (χ2n) is 7.14.